The summed E-state index contributed by atoms with van der Waals surface area (Å²) in [6.07, 6.45) is 1.07. The van der Waals surface area contributed by atoms with Gasteiger partial charge in [-0.1, -0.05) is 0 Å². The lowest BCUT2D eigenvalue weighted by Gasteiger charge is -2.35. The molecule has 1 aliphatic rings. The molecule has 17 heavy (non-hydrogen) atoms. The number of methoxy groups -OCH3 is 1. The summed E-state index contributed by atoms with van der Waals surface area (Å²) in [6, 6.07) is 0.521. The number of aliphatic hydroxyl groups is 1. The van der Waals surface area contributed by atoms with Crippen molar-refractivity contribution < 1.29 is 14.6 Å². The Kier molecular flexibility index (Phi) is 7.72. The van der Waals surface area contributed by atoms with Crippen molar-refractivity contribution in [2.75, 3.05) is 60.2 Å². The molecule has 1 saturated heterocycles. The zero-order valence-corrected chi connectivity index (χ0v) is 11.0. The monoisotopic (exact) mass is 246 g/mol. The number of nitrogens with one attached hydrogen (secondary N) is 1. The summed E-state index contributed by atoms with van der Waals surface area (Å²) in [5, 5.41) is 12.4. The fraction of sp³-hybridized carbons (Fsp3) is 1.00. The Labute approximate surface area is 104 Å². The molecule has 102 valence electrons. The normalized spacial score (nSPS) is 25.4. The van der Waals surface area contributed by atoms with Gasteiger partial charge in [0, 0.05) is 45.3 Å². The molecule has 0 saturated carbocycles. The first-order valence-corrected chi connectivity index (χ1v) is 6.39. The zero-order valence-electron chi connectivity index (χ0n) is 11.0. The summed E-state index contributed by atoms with van der Waals surface area (Å²) in [6.45, 7) is 5.08. The van der Waals surface area contributed by atoms with Crippen LogP contribution in [0.5, 0.6) is 0 Å². The molecule has 2 atom stereocenters. The smallest absolute Gasteiger partial charge is 0.0589 e. The van der Waals surface area contributed by atoms with Gasteiger partial charge < -0.3 is 19.9 Å². The topological polar surface area (TPSA) is 54.0 Å². The van der Waals surface area contributed by atoms with Gasteiger partial charge in [0.05, 0.1) is 19.8 Å². The second-order valence-corrected chi connectivity index (χ2v) is 4.54. The molecule has 1 aliphatic heterocycles. The summed E-state index contributed by atoms with van der Waals surface area (Å²) >= 11 is 0. The van der Waals surface area contributed by atoms with Crippen molar-refractivity contribution in [1.82, 2.24) is 10.2 Å². The second-order valence-electron chi connectivity index (χ2n) is 4.54. The van der Waals surface area contributed by atoms with Crippen molar-refractivity contribution in [2.24, 2.45) is 5.92 Å². The highest BCUT2D eigenvalue weighted by Gasteiger charge is 2.26. The second kappa shape index (κ2) is 8.83. The molecule has 0 spiro atoms. The van der Waals surface area contributed by atoms with Gasteiger partial charge in [-0.25, -0.2) is 0 Å². The maximum Gasteiger partial charge on any atom is 0.0589 e. The van der Waals surface area contributed by atoms with Crippen LogP contribution >= 0.6 is 0 Å². The number of aliphatic hydroxyl groups excluding tert-OH is 1. The van der Waals surface area contributed by atoms with Crippen LogP contribution in [0.3, 0.4) is 0 Å². The summed E-state index contributed by atoms with van der Waals surface area (Å²) in [7, 11) is 3.71. The number of hydrogen-bond acceptors (Lipinski definition) is 5. The molecule has 0 aromatic rings. The highest BCUT2D eigenvalue weighted by atomic mass is 16.5. The Morgan fingerprint density at radius 1 is 1.47 bits per heavy atom. The SMILES string of the molecule is CNC1CCOCC1CN(CCO)CCOC. The fourth-order valence-corrected chi connectivity index (χ4v) is 2.34. The molecule has 0 aliphatic carbocycles. The van der Waals surface area contributed by atoms with E-state index in [1.807, 2.05) is 7.05 Å². The fourth-order valence-electron chi connectivity index (χ4n) is 2.34. The Morgan fingerprint density at radius 2 is 2.29 bits per heavy atom. The number of ether oxygens (including phenoxy) is 2. The number of rotatable bonds is 8. The van der Waals surface area contributed by atoms with Crippen molar-refractivity contribution in [3.8, 4) is 0 Å². The van der Waals surface area contributed by atoms with E-state index in [4.69, 9.17) is 14.6 Å². The lowest BCUT2D eigenvalue weighted by atomic mass is 9.95. The molecule has 1 heterocycles. The van der Waals surface area contributed by atoms with E-state index < -0.39 is 0 Å². The Balaban J connectivity index is 2.39. The average Bonchev–Trinajstić information content (AvgIpc) is 2.37. The molecule has 0 aromatic heterocycles. The molecule has 2 unspecified atom stereocenters. The van der Waals surface area contributed by atoms with Crippen LogP contribution in [0.15, 0.2) is 0 Å². The predicted molar refractivity (Wildman–Crippen MR) is 67.2 cm³/mol. The molecule has 5 nitrogen and oxygen atoms in total. The van der Waals surface area contributed by atoms with Crippen molar-refractivity contribution in [1.29, 1.82) is 0 Å². The highest BCUT2D eigenvalue weighted by molar-refractivity contribution is 4.81. The van der Waals surface area contributed by atoms with Crippen molar-refractivity contribution in [2.45, 2.75) is 12.5 Å². The lowest BCUT2D eigenvalue weighted by molar-refractivity contribution is 0.0126. The van der Waals surface area contributed by atoms with Crippen molar-refractivity contribution >= 4 is 0 Å². The summed E-state index contributed by atoms with van der Waals surface area (Å²) in [5.74, 6) is 0.497. The lowest BCUT2D eigenvalue weighted by Crippen LogP contribution is -2.47. The molecule has 2 N–H and O–H groups in total. The third kappa shape index (κ3) is 5.31. The van der Waals surface area contributed by atoms with E-state index in [0.717, 1.165) is 32.7 Å². The maximum atomic E-state index is 9.06. The summed E-state index contributed by atoms with van der Waals surface area (Å²) in [5.41, 5.74) is 0. The van der Waals surface area contributed by atoms with Crippen LogP contribution in [0.2, 0.25) is 0 Å². The molecule has 0 aromatic carbocycles. The van der Waals surface area contributed by atoms with Crippen LogP contribution in [0.4, 0.5) is 0 Å². The minimum Gasteiger partial charge on any atom is -0.395 e. The number of nitrogens with zero attached hydrogens (tertiary/aromatic N) is 1. The van der Waals surface area contributed by atoms with Crippen molar-refractivity contribution in [3.05, 3.63) is 0 Å². The van der Waals surface area contributed by atoms with E-state index in [-0.39, 0.29) is 6.61 Å². The molecule has 1 fully saturated rings. The Hall–Kier alpha value is -0.200. The first-order valence-electron chi connectivity index (χ1n) is 6.39. The van der Waals surface area contributed by atoms with Gasteiger partial charge in [-0.2, -0.15) is 0 Å². The third-order valence-corrected chi connectivity index (χ3v) is 3.37. The van der Waals surface area contributed by atoms with Gasteiger partial charge in [0.15, 0.2) is 0 Å². The Morgan fingerprint density at radius 3 is 2.94 bits per heavy atom. The van der Waals surface area contributed by atoms with Crippen LogP contribution in [0.25, 0.3) is 0 Å². The van der Waals surface area contributed by atoms with Gasteiger partial charge in [-0.3, -0.25) is 4.90 Å². The van der Waals surface area contributed by atoms with Crippen LogP contribution in [0.1, 0.15) is 6.42 Å². The largest absolute Gasteiger partial charge is 0.395 e. The van der Waals surface area contributed by atoms with Gasteiger partial charge >= 0.3 is 0 Å². The molecule has 0 amide bonds. The molecule has 0 radical (unpaired) electrons. The molecule has 5 heteroatoms. The Bertz CT molecular complexity index is 193. The molecule has 1 rings (SSSR count). The van der Waals surface area contributed by atoms with E-state index in [1.54, 1.807) is 7.11 Å². The van der Waals surface area contributed by atoms with E-state index in [9.17, 15) is 0 Å². The summed E-state index contributed by atoms with van der Waals surface area (Å²) in [4.78, 5) is 2.24. The van der Waals surface area contributed by atoms with E-state index in [1.165, 1.54) is 0 Å². The summed E-state index contributed by atoms with van der Waals surface area (Å²) < 4.78 is 10.6. The van der Waals surface area contributed by atoms with Crippen LogP contribution in [-0.2, 0) is 9.47 Å². The number of hydrogen-bond donors (Lipinski definition) is 2. The van der Waals surface area contributed by atoms with Gasteiger partial charge in [-0.15, -0.1) is 0 Å². The van der Waals surface area contributed by atoms with E-state index in [0.29, 0.717) is 25.1 Å². The minimum absolute atomic E-state index is 0.196. The predicted octanol–water partition coefficient (Wildman–Crippen LogP) is -0.448. The highest BCUT2D eigenvalue weighted by Crippen LogP contribution is 2.15. The molecular weight excluding hydrogens is 220 g/mol. The van der Waals surface area contributed by atoms with E-state index in [2.05, 4.69) is 10.2 Å². The maximum absolute atomic E-state index is 9.06. The average molecular weight is 246 g/mol. The van der Waals surface area contributed by atoms with E-state index >= 15 is 0 Å². The van der Waals surface area contributed by atoms with Gasteiger partial charge in [0.1, 0.15) is 0 Å². The first kappa shape index (κ1) is 14.9. The van der Waals surface area contributed by atoms with Crippen LogP contribution in [0, 0.1) is 5.92 Å². The van der Waals surface area contributed by atoms with Crippen LogP contribution in [-0.4, -0.2) is 76.3 Å². The molecular formula is C12H26N2O3. The van der Waals surface area contributed by atoms with Crippen molar-refractivity contribution in [3.63, 3.8) is 0 Å². The molecule has 0 bridgehead atoms. The standard InChI is InChI=1S/C12H26N2O3/c1-13-12-3-7-17-10-11(12)9-14(4-6-15)5-8-16-2/h11-13,15H,3-10H2,1-2H3. The zero-order chi connectivity index (χ0) is 12.5. The van der Waals surface area contributed by atoms with Gasteiger partial charge in [0.25, 0.3) is 0 Å². The van der Waals surface area contributed by atoms with Gasteiger partial charge in [0.2, 0.25) is 0 Å². The van der Waals surface area contributed by atoms with Crippen LogP contribution < -0.4 is 5.32 Å². The third-order valence-electron chi connectivity index (χ3n) is 3.37. The first-order chi connectivity index (χ1) is 8.31. The quantitative estimate of drug-likeness (QED) is 0.608. The van der Waals surface area contributed by atoms with Gasteiger partial charge in [-0.05, 0) is 13.5 Å². The minimum atomic E-state index is 0.196.